The number of hydrogen-bond acceptors (Lipinski definition) is 5. The van der Waals surface area contributed by atoms with Gasteiger partial charge in [0.15, 0.2) is 11.5 Å². The van der Waals surface area contributed by atoms with E-state index in [0.717, 1.165) is 5.56 Å². The first-order chi connectivity index (χ1) is 12.0. The third kappa shape index (κ3) is 5.00. The van der Waals surface area contributed by atoms with Gasteiger partial charge in [0.25, 0.3) is 5.91 Å². The zero-order valence-electron chi connectivity index (χ0n) is 14.6. The molecule has 0 unspecified atom stereocenters. The highest BCUT2D eigenvalue weighted by Crippen LogP contribution is 2.27. The van der Waals surface area contributed by atoms with Gasteiger partial charge in [0.05, 0.1) is 26.0 Å². The number of amides is 2. The number of nitrogens with one attached hydrogen (secondary N) is 1. The molecular formula is C18H22N2O5. The van der Waals surface area contributed by atoms with Gasteiger partial charge in [0.2, 0.25) is 5.91 Å². The van der Waals surface area contributed by atoms with E-state index in [4.69, 9.17) is 13.9 Å². The van der Waals surface area contributed by atoms with E-state index in [1.54, 1.807) is 38.3 Å². The van der Waals surface area contributed by atoms with E-state index in [9.17, 15) is 9.59 Å². The molecule has 2 amide bonds. The van der Waals surface area contributed by atoms with Gasteiger partial charge in [0.1, 0.15) is 6.26 Å². The second-order valence-corrected chi connectivity index (χ2v) is 5.46. The first kappa shape index (κ1) is 18.4. The molecular weight excluding hydrogens is 324 g/mol. The van der Waals surface area contributed by atoms with Crippen molar-refractivity contribution < 1.29 is 23.5 Å². The van der Waals surface area contributed by atoms with Crippen LogP contribution < -0.4 is 14.8 Å². The SMILES string of the molecule is COc1ccc(CN(C)C(=O)CCNC(=O)c2ccoc2)cc1OC. The normalized spacial score (nSPS) is 10.2. The highest BCUT2D eigenvalue weighted by atomic mass is 16.5. The summed E-state index contributed by atoms with van der Waals surface area (Å²) in [5.74, 6) is 0.932. The van der Waals surface area contributed by atoms with Crippen LogP contribution in [-0.2, 0) is 11.3 Å². The van der Waals surface area contributed by atoms with E-state index >= 15 is 0 Å². The summed E-state index contributed by atoms with van der Waals surface area (Å²) >= 11 is 0. The number of nitrogens with zero attached hydrogens (tertiary/aromatic N) is 1. The Morgan fingerprint density at radius 3 is 2.56 bits per heavy atom. The van der Waals surface area contributed by atoms with Crippen LogP contribution in [0.1, 0.15) is 22.3 Å². The van der Waals surface area contributed by atoms with Gasteiger partial charge >= 0.3 is 0 Å². The number of furan rings is 1. The summed E-state index contributed by atoms with van der Waals surface area (Å²) in [4.78, 5) is 25.6. The molecule has 0 aliphatic rings. The van der Waals surface area contributed by atoms with E-state index in [1.165, 1.54) is 12.5 Å². The third-order valence-electron chi connectivity index (χ3n) is 3.70. The first-order valence-corrected chi connectivity index (χ1v) is 7.80. The van der Waals surface area contributed by atoms with Crippen LogP contribution in [0.2, 0.25) is 0 Å². The highest BCUT2D eigenvalue weighted by molar-refractivity contribution is 5.94. The lowest BCUT2D eigenvalue weighted by Gasteiger charge is -2.18. The minimum absolute atomic E-state index is 0.0673. The van der Waals surface area contributed by atoms with Gasteiger partial charge in [-0.05, 0) is 23.8 Å². The van der Waals surface area contributed by atoms with E-state index < -0.39 is 0 Å². The fraction of sp³-hybridized carbons (Fsp3) is 0.333. The Labute approximate surface area is 146 Å². The van der Waals surface area contributed by atoms with Gasteiger partial charge in [-0.1, -0.05) is 6.07 Å². The maximum Gasteiger partial charge on any atom is 0.254 e. The molecule has 0 saturated heterocycles. The molecule has 7 heteroatoms. The van der Waals surface area contributed by atoms with Gasteiger partial charge < -0.3 is 24.1 Å². The topological polar surface area (TPSA) is 81.0 Å². The average Bonchev–Trinajstić information content (AvgIpc) is 3.16. The number of benzene rings is 1. The maximum atomic E-state index is 12.2. The molecule has 0 bridgehead atoms. The van der Waals surface area contributed by atoms with Gasteiger partial charge in [0, 0.05) is 26.6 Å². The van der Waals surface area contributed by atoms with Crippen molar-refractivity contribution in [2.24, 2.45) is 0 Å². The zero-order chi connectivity index (χ0) is 18.2. The number of methoxy groups -OCH3 is 2. The summed E-state index contributed by atoms with van der Waals surface area (Å²) in [7, 11) is 4.86. The Bertz CT molecular complexity index is 712. The molecule has 0 aliphatic carbocycles. The summed E-state index contributed by atoms with van der Waals surface area (Å²) in [6.07, 6.45) is 3.00. The number of rotatable bonds is 8. The monoisotopic (exact) mass is 346 g/mol. The van der Waals surface area contributed by atoms with Crippen molar-refractivity contribution in [2.45, 2.75) is 13.0 Å². The molecule has 0 aliphatic heterocycles. The van der Waals surface area contributed by atoms with E-state index in [2.05, 4.69) is 5.32 Å². The predicted molar refractivity (Wildman–Crippen MR) is 91.7 cm³/mol. The van der Waals surface area contributed by atoms with Gasteiger partial charge in [-0.15, -0.1) is 0 Å². The molecule has 0 saturated carbocycles. The minimum Gasteiger partial charge on any atom is -0.493 e. The smallest absolute Gasteiger partial charge is 0.254 e. The molecule has 134 valence electrons. The first-order valence-electron chi connectivity index (χ1n) is 7.80. The highest BCUT2D eigenvalue weighted by Gasteiger charge is 2.12. The van der Waals surface area contributed by atoms with Crippen LogP contribution in [0.4, 0.5) is 0 Å². The number of ether oxygens (including phenoxy) is 2. The molecule has 1 aromatic heterocycles. The predicted octanol–water partition coefficient (Wildman–Crippen LogP) is 2.08. The van der Waals surface area contributed by atoms with Crippen LogP contribution in [0.3, 0.4) is 0 Å². The van der Waals surface area contributed by atoms with Crippen molar-refractivity contribution in [1.82, 2.24) is 10.2 Å². The Kier molecular flexibility index (Phi) is 6.45. The Morgan fingerprint density at radius 1 is 1.16 bits per heavy atom. The lowest BCUT2D eigenvalue weighted by Crippen LogP contribution is -2.31. The second kappa shape index (κ2) is 8.77. The molecule has 7 nitrogen and oxygen atoms in total. The fourth-order valence-corrected chi connectivity index (χ4v) is 2.31. The molecule has 1 heterocycles. The third-order valence-corrected chi connectivity index (χ3v) is 3.70. The van der Waals surface area contributed by atoms with Gasteiger partial charge in [-0.3, -0.25) is 9.59 Å². The van der Waals surface area contributed by atoms with Gasteiger partial charge in [-0.2, -0.15) is 0 Å². The van der Waals surface area contributed by atoms with Crippen molar-refractivity contribution >= 4 is 11.8 Å². The lowest BCUT2D eigenvalue weighted by atomic mass is 10.2. The Balaban J connectivity index is 1.83. The van der Waals surface area contributed by atoms with E-state index in [1.807, 2.05) is 12.1 Å². The summed E-state index contributed by atoms with van der Waals surface area (Å²) in [6, 6.07) is 7.09. The molecule has 0 atom stereocenters. The van der Waals surface area contributed by atoms with Gasteiger partial charge in [-0.25, -0.2) is 0 Å². The molecule has 2 aromatic rings. The number of carbonyl (C=O) groups is 2. The summed E-state index contributed by atoms with van der Waals surface area (Å²) < 4.78 is 15.3. The average molecular weight is 346 g/mol. The standard InChI is InChI=1S/C18H22N2O5/c1-20(11-13-4-5-15(23-2)16(10-13)24-3)17(21)6-8-19-18(22)14-7-9-25-12-14/h4-5,7,9-10,12H,6,8,11H2,1-3H3,(H,19,22). The lowest BCUT2D eigenvalue weighted by molar-refractivity contribution is -0.130. The molecule has 2 rings (SSSR count). The van der Waals surface area contributed by atoms with Crippen LogP contribution in [0.15, 0.2) is 41.2 Å². The quantitative estimate of drug-likeness (QED) is 0.791. The zero-order valence-corrected chi connectivity index (χ0v) is 14.6. The molecule has 0 radical (unpaired) electrons. The molecule has 25 heavy (non-hydrogen) atoms. The largest absolute Gasteiger partial charge is 0.493 e. The maximum absolute atomic E-state index is 12.2. The second-order valence-electron chi connectivity index (χ2n) is 5.46. The van der Waals surface area contributed by atoms with Crippen molar-refractivity contribution in [3.8, 4) is 11.5 Å². The van der Waals surface area contributed by atoms with Crippen molar-refractivity contribution in [3.63, 3.8) is 0 Å². The summed E-state index contributed by atoms with van der Waals surface area (Å²) in [5.41, 5.74) is 1.36. The molecule has 1 N–H and O–H groups in total. The fourth-order valence-electron chi connectivity index (χ4n) is 2.31. The number of carbonyl (C=O) groups excluding carboxylic acids is 2. The molecule has 0 fully saturated rings. The van der Waals surface area contributed by atoms with Crippen LogP contribution in [0, 0.1) is 0 Å². The summed E-state index contributed by atoms with van der Waals surface area (Å²) in [6.45, 7) is 0.702. The van der Waals surface area contributed by atoms with Crippen molar-refractivity contribution in [1.29, 1.82) is 0 Å². The van der Waals surface area contributed by atoms with Crippen molar-refractivity contribution in [2.75, 3.05) is 27.8 Å². The van der Waals surface area contributed by atoms with Crippen molar-refractivity contribution in [3.05, 3.63) is 47.9 Å². The van der Waals surface area contributed by atoms with Crippen LogP contribution in [-0.4, -0.2) is 44.5 Å². The van der Waals surface area contributed by atoms with Crippen LogP contribution in [0.25, 0.3) is 0 Å². The number of hydrogen-bond donors (Lipinski definition) is 1. The van der Waals surface area contributed by atoms with E-state index in [0.29, 0.717) is 23.6 Å². The minimum atomic E-state index is -0.260. The Morgan fingerprint density at radius 2 is 1.92 bits per heavy atom. The Hall–Kier alpha value is -2.96. The molecule has 0 spiro atoms. The molecule has 1 aromatic carbocycles. The van der Waals surface area contributed by atoms with Crippen LogP contribution in [0.5, 0.6) is 11.5 Å². The van der Waals surface area contributed by atoms with Crippen LogP contribution >= 0.6 is 0 Å². The van der Waals surface area contributed by atoms with E-state index in [-0.39, 0.29) is 24.8 Å². The summed E-state index contributed by atoms with van der Waals surface area (Å²) in [5, 5.41) is 2.69.